The molecule has 2 atom stereocenters. The third kappa shape index (κ3) is 5.41. The van der Waals surface area contributed by atoms with Crippen molar-refractivity contribution in [1.29, 1.82) is 0 Å². The number of halogens is 1. The molecule has 2 aromatic rings. The average Bonchev–Trinajstić information content (AvgIpc) is 3.24. The fraction of sp³-hybridized carbons (Fsp3) is 0.476. The monoisotopic (exact) mass is 402 g/mol. The van der Waals surface area contributed by atoms with Crippen LogP contribution in [0.2, 0.25) is 0 Å². The maximum Gasteiger partial charge on any atom is 0.225 e. The summed E-state index contributed by atoms with van der Waals surface area (Å²) in [6.07, 6.45) is 5.14. The van der Waals surface area contributed by atoms with Crippen molar-refractivity contribution in [1.82, 2.24) is 20.0 Å². The summed E-state index contributed by atoms with van der Waals surface area (Å²) in [4.78, 5) is 27.2. The number of benzene rings is 1. The number of amides is 2. The Balaban J connectivity index is 1.70. The van der Waals surface area contributed by atoms with E-state index >= 15 is 0 Å². The van der Waals surface area contributed by atoms with Crippen LogP contribution in [0.25, 0.3) is 0 Å². The highest BCUT2D eigenvalue weighted by molar-refractivity contribution is 5.85. The van der Waals surface area contributed by atoms with Crippen LogP contribution < -0.4 is 5.32 Å². The quantitative estimate of drug-likeness (QED) is 0.652. The molecule has 2 amide bonds. The van der Waals surface area contributed by atoms with Crippen LogP contribution in [0.5, 0.6) is 0 Å². The second-order valence-corrected chi connectivity index (χ2v) is 7.14. The number of hydrogen-bond donors (Lipinski definition) is 1. The van der Waals surface area contributed by atoms with Gasteiger partial charge in [-0.25, -0.2) is 4.39 Å². The topological polar surface area (TPSA) is 76.5 Å². The molecule has 1 aliphatic heterocycles. The van der Waals surface area contributed by atoms with Gasteiger partial charge in [-0.1, -0.05) is 12.1 Å². The minimum atomic E-state index is -0.432. The van der Waals surface area contributed by atoms with Crippen LogP contribution in [-0.4, -0.2) is 53.3 Å². The van der Waals surface area contributed by atoms with Crippen LogP contribution in [0.15, 0.2) is 42.7 Å². The number of ether oxygens (including phenoxy) is 1. The fourth-order valence-electron chi connectivity index (χ4n) is 3.77. The summed E-state index contributed by atoms with van der Waals surface area (Å²) in [5, 5.41) is 7.14. The maximum absolute atomic E-state index is 13.4. The van der Waals surface area contributed by atoms with Crippen molar-refractivity contribution in [2.75, 3.05) is 26.8 Å². The number of rotatable bonds is 9. The van der Waals surface area contributed by atoms with E-state index in [1.807, 2.05) is 16.9 Å². The van der Waals surface area contributed by atoms with Crippen molar-refractivity contribution in [3.8, 4) is 0 Å². The summed E-state index contributed by atoms with van der Waals surface area (Å²) in [6, 6.07) is 7.45. The van der Waals surface area contributed by atoms with Gasteiger partial charge in [-0.15, -0.1) is 0 Å². The smallest absolute Gasteiger partial charge is 0.225 e. The van der Waals surface area contributed by atoms with Crippen LogP contribution in [-0.2, 0) is 20.9 Å². The summed E-state index contributed by atoms with van der Waals surface area (Å²) in [7, 11) is 1.57. The standard InChI is InChI=1S/C21H27FN4O3/c1-29-15-14-26-19(27)9-8-18(20(26)16-4-6-17(22)7-5-16)21(28)23-10-2-12-25-13-3-11-24-25/h3-7,11,13,18,20H,2,8-10,12,14-15H2,1H3,(H,23,28)/t18-,20+/m1/s1. The first kappa shape index (κ1) is 21.0. The SMILES string of the molecule is COCCN1C(=O)CC[C@@H](C(=O)NCCCn2cccn2)[C@@H]1c1ccc(F)cc1. The molecule has 1 fully saturated rings. The number of hydrogen-bond acceptors (Lipinski definition) is 4. The first-order valence-corrected chi connectivity index (χ1v) is 9.89. The number of nitrogens with one attached hydrogen (secondary N) is 1. The van der Waals surface area contributed by atoms with E-state index in [0.717, 1.165) is 18.5 Å². The van der Waals surface area contributed by atoms with E-state index in [-0.39, 0.29) is 23.5 Å². The van der Waals surface area contributed by atoms with Gasteiger partial charge in [0.05, 0.1) is 18.6 Å². The lowest BCUT2D eigenvalue weighted by Crippen LogP contribution is -2.49. The number of likely N-dealkylation sites (tertiary alicyclic amines) is 1. The molecule has 29 heavy (non-hydrogen) atoms. The van der Waals surface area contributed by atoms with Crippen molar-refractivity contribution >= 4 is 11.8 Å². The predicted octanol–water partition coefficient (Wildman–Crippen LogP) is 2.15. The number of methoxy groups -OCH3 is 1. The minimum Gasteiger partial charge on any atom is -0.383 e. The molecule has 7 nitrogen and oxygen atoms in total. The number of carbonyl (C=O) groups excluding carboxylic acids is 2. The van der Waals surface area contributed by atoms with Gasteiger partial charge in [0, 0.05) is 45.6 Å². The first-order valence-electron chi connectivity index (χ1n) is 9.89. The van der Waals surface area contributed by atoms with Gasteiger partial charge in [-0.2, -0.15) is 5.10 Å². The second kappa shape index (κ2) is 10.2. The number of carbonyl (C=O) groups is 2. The molecule has 1 aliphatic rings. The van der Waals surface area contributed by atoms with Crippen LogP contribution in [0.4, 0.5) is 4.39 Å². The molecule has 156 valence electrons. The van der Waals surface area contributed by atoms with Gasteiger partial charge in [0.25, 0.3) is 0 Å². The van der Waals surface area contributed by atoms with E-state index in [9.17, 15) is 14.0 Å². The molecule has 1 saturated heterocycles. The van der Waals surface area contributed by atoms with Gasteiger partial charge in [-0.05, 0) is 36.6 Å². The maximum atomic E-state index is 13.4. The highest BCUT2D eigenvalue weighted by atomic mass is 19.1. The van der Waals surface area contributed by atoms with Gasteiger partial charge in [-0.3, -0.25) is 14.3 Å². The lowest BCUT2D eigenvalue weighted by Gasteiger charge is -2.40. The molecule has 0 saturated carbocycles. The Bertz CT molecular complexity index is 795. The zero-order valence-corrected chi connectivity index (χ0v) is 16.6. The Morgan fingerprint density at radius 3 is 2.79 bits per heavy atom. The van der Waals surface area contributed by atoms with Gasteiger partial charge in [0.15, 0.2) is 0 Å². The molecular formula is C21H27FN4O3. The minimum absolute atomic E-state index is 0.0147. The van der Waals surface area contributed by atoms with Crippen LogP contribution in [0, 0.1) is 11.7 Å². The van der Waals surface area contributed by atoms with Gasteiger partial charge >= 0.3 is 0 Å². The highest BCUT2D eigenvalue weighted by Gasteiger charge is 2.40. The Labute approximate surface area is 169 Å². The normalized spacial score (nSPS) is 19.4. The number of aryl methyl sites for hydroxylation is 1. The molecular weight excluding hydrogens is 375 g/mol. The van der Waals surface area contributed by atoms with Crippen molar-refractivity contribution in [3.63, 3.8) is 0 Å². The van der Waals surface area contributed by atoms with Crippen LogP contribution in [0.3, 0.4) is 0 Å². The molecule has 1 aromatic carbocycles. The van der Waals surface area contributed by atoms with E-state index in [1.54, 1.807) is 30.3 Å². The van der Waals surface area contributed by atoms with E-state index in [0.29, 0.717) is 32.5 Å². The second-order valence-electron chi connectivity index (χ2n) is 7.14. The number of aromatic nitrogens is 2. The lowest BCUT2D eigenvalue weighted by molar-refractivity contribution is -0.144. The summed E-state index contributed by atoms with van der Waals surface area (Å²) in [6.45, 7) is 2.01. The van der Waals surface area contributed by atoms with E-state index in [2.05, 4.69) is 10.4 Å². The van der Waals surface area contributed by atoms with E-state index in [4.69, 9.17) is 4.74 Å². The summed E-state index contributed by atoms with van der Waals surface area (Å²) in [5.41, 5.74) is 0.757. The number of piperidine rings is 1. The van der Waals surface area contributed by atoms with E-state index < -0.39 is 6.04 Å². The molecule has 8 heteroatoms. The molecule has 0 radical (unpaired) electrons. The van der Waals surface area contributed by atoms with Crippen molar-refractivity contribution < 1.29 is 18.7 Å². The van der Waals surface area contributed by atoms with Gasteiger partial charge in [0.1, 0.15) is 5.82 Å². The largest absolute Gasteiger partial charge is 0.383 e. The molecule has 1 aromatic heterocycles. The summed E-state index contributed by atoms with van der Waals surface area (Å²) in [5.74, 6) is -0.840. The van der Waals surface area contributed by atoms with Crippen molar-refractivity contribution in [3.05, 3.63) is 54.1 Å². The zero-order valence-electron chi connectivity index (χ0n) is 16.6. The highest BCUT2D eigenvalue weighted by Crippen LogP contribution is 2.36. The summed E-state index contributed by atoms with van der Waals surface area (Å²) < 4.78 is 20.4. The molecule has 0 aliphatic carbocycles. The number of nitrogens with zero attached hydrogens (tertiary/aromatic N) is 3. The Morgan fingerprint density at radius 2 is 2.10 bits per heavy atom. The predicted molar refractivity (Wildman–Crippen MR) is 105 cm³/mol. The van der Waals surface area contributed by atoms with Gasteiger partial charge < -0.3 is 15.0 Å². The fourth-order valence-corrected chi connectivity index (χ4v) is 3.77. The molecule has 2 heterocycles. The first-order chi connectivity index (χ1) is 14.1. The zero-order chi connectivity index (χ0) is 20.6. The molecule has 0 spiro atoms. The van der Waals surface area contributed by atoms with Crippen LogP contribution in [0.1, 0.15) is 30.9 Å². The third-order valence-electron chi connectivity index (χ3n) is 5.21. The van der Waals surface area contributed by atoms with Crippen LogP contribution >= 0.6 is 0 Å². The van der Waals surface area contributed by atoms with Gasteiger partial charge in [0.2, 0.25) is 11.8 Å². The molecule has 1 N–H and O–H groups in total. The molecule has 0 bridgehead atoms. The average molecular weight is 402 g/mol. The van der Waals surface area contributed by atoms with Crippen molar-refractivity contribution in [2.24, 2.45) is 5.92 Å². The van der Waals surface area contributed by atoms with Crippen molar-refractivity contribution in [2.45, 2.75) is 31.8 Å². The lowest BCUT2D eigenvalue weighted by atomic mass is 9.83. The Kier molecular flexibility index (Phi) is 7.35. The summed E-state index contributed by atoms with van der Waals surface area (Å²) >= 11 is 0. The third-order valence-corrected chi connectivity index (χ3v) is 5.21. The molecule has 0 unspecified atom stereocenters. The Morgan fingerprint density at radius 1 is 1.31 bits per heavy atom. The van der Waals surface area contributed by atoms with E-state index in [1.165, 1.54) is 12.1 Å². The molecule has 3 rings (SSSR count). The Hall–Kier alpha value is -2.74.